The summed E-state index contributed by atoms with van der Waals surface area (Å²) in [6, 6.07) is 23.4. The monoisotopic (exact) mass is 511 g/mol. The molecule has 190 valence electrons. The predicted molar refractivity (Wildman–Crippen MR) is 137 cm³/mol. The number of hydrogen-bond donors (Lipinski definition) is 1. The Morgan fingerprint density at radius 3 is 1.97 bits per heavy atom. The van der Waals surface area contributed by atoms with Crippen LogP contribution >= 0.6 is 0 Å². The number of rotatable bonds is 11. The molecule has 9 heteroatoms. The molecular weight excluding hydrogens is 481 g/mol. The molecule has 0 fully saturated rings. The van der Waals surface area contributed by atoms with Gasteiger partial charge < -0.3 is 10.2 Å². The maximum absolute atomic E-state index is 13.5. The van der Waals surface area contributed by atoms with Crippen LogP contribution in [0.5, 0.6) is 0 Å². The summed E-state index contributed by atoms with van der Waals surface area (Å²) in [7, 11) is -2.31. The predicted octanol–water partition coefficient (Wildman–Crippen LogP) is 2.97. The first-order chi connectivity index (χ1) is 17.1. The Morgan fingerprint density at radius 1 is 0.861 bits per heavy atom. The molecule has 2 amide bonds. The van der Waals surface area contributed by atoms with Crippen molar-refractivity contribution in [3.8, 4) is 0 Å². The molecule has 3 rings (SSSR count). The fraction of sp³-hybridized carbons (Fsp3) is 0.259. The van der Waals surface area contributed by atoms with E-state index in [1.165, 1.54) is 36.2 Å². The lowest BCUT2D eigenvalue weighted by Crippen LogP contribution is -2.52. The zero-order chi connectivity index (χ0) is 26.1. The van der Waals surface area contributed by atoms with E-state index in [0.717, 1.165) is 21.7 Å². The van der Waals surface area contributed by atoms with Crippen molar-refractivity contribution in [2.24, 2.45) is 0 Å². The van der Waals surface area contributed by atoms with Crippen LogP contribution in [-0.4, -0.2) is 55.3 Å². The van der Waals surface area contributed by atoms with Gasteiger partial charge in [-0.25, -0.2) is 12.8 Å². The molecule has 0 aliphatic rings. The summed E-state index contributed by atoms with van der Waals surface area (Å²) in [4.78, 5) is 28.3. The molecule has 0 aliphatic carbocycles. The smallest absolute Gasteiger partial charge is 0.243 e. The van der Waals surface area contributed by atoms with Gasteiger partial charge in [0.15, 0.2) is 0 Å². The Morgan fingerprint density at radius 2 is 1.42 bits per heavy atom. The molecule has 0 heterocycles. The highest BCUT2D eigenvalue weighted by atomic mass is 32.2. The third kappa shape index (κ3) is 8.00. The lowest BCUT2D eigenvalue weighted by molar-refractivity contribution is -0.141. The first-order valence-electron chi connectivity index (χ1n) is 11.4. The summed E-state index contributed by atoms with van der Waals surface area (Å²) in [5.74, 6) is -1.34. The van der Waals surface area contributed by atoms with Crippen LogP contribution in [0.15, 0.2) is 84.9 Å². The Bertz CT molecular complexity index is 1250. The summed E-state index contributed by atoms with van der Waals surface area (Å²) in [6.45, 7) is -0.156. The van der Waals surface area contributed by atoms with Gasteiger partial charge in [-0.3, -0.25) is 9.59 Å². The average Bonchev–Trinajstić information content (AvgIpc) is 2.86. The van der Waals surface area contributed by atoms with Gasteiger partial charge in [-0.15, -0.1) is 0 Å². The number of hydrogen-bond acceptors (Lipinski definition) is 4. The van der Waals surface area contributed by atoms with Crippen molar-refractivity contribution in [1.82, 2.24) is 14.5 Å². The van der Waals surface area contributed by atoms with Crippen LogP contribution in [0.25, 0.3) is 0 Å². The zero-order valence-electron chi connectivity index (χ0n) is 20.3. The highest BCUT2D eigenvalue weighted by Crippen LogP contribution is 2.16. The molecule has 3 aromatic carbocycles. The second kappa shape index (κ2) is 12.4. The lowest BCUT2D eigenvalue weighted by atomic mass is 10.0. The topological polar surface area (TPSA) is 86.8 Å². The minimum atomic E-state index is -3.63. The molecule has 0 radical (unpaired) electrons. The Kier molecular flexibility index (Phi) is 9.32. The third-order valence-corrected chi connectivity index (χ3v) is 7.03. The van der Waals surface area contributed by atoms with Crippen LogP contribution in [0.3, 0.4) is 0 Å². The highest BCUT2D eigenvalue weighted by molar-refractivity contribution is 7.88. The molecule has 1 atom stereocenters. The standard InChI is InChI=1S/C27H30FN3O4S/c1-30(36(2,34)35)20-26(32)31(19-23-13-15-24(28)16-14-23)25(17-21-9-5-3-6-10-21)27(33)29-18-22-11-7-4-8-12-22/h3-16,25H,17-20H2,1-2H3,(H,29,33)/t25-/m0/s1. The number of carbonyl (C=O) groups excluding carboxylic acids is 2. The summed E-state index contributed by atoms with van der Waals surface area (Å²) in [5.41, 5.74) is 2.35. The summed E-state index contributed by atoms with van der Waals surface area (Å²) in [5, 5.41) is 2.91. The number of likely N-dealkylation sites (N-methyl/N-ethyl adjacent to an activating group) is 1. The zero-order valence-corrected chi connectivity index (χ0v) is 21.1. The van der Waals surface area contributed by atoms with Crippen molar-refractivity contribution in [2.45, 2.75) is 25.6 Å². The second-order valence-electron chi connectivity index (χ2n) is 8.58. The lowest BCUT2D eigenvalue weighted by Gasteiger charge is -2.32. The molecule has 3 aromatic rings. The number of benzene rings is 3. The first-order valence-corrected chi connectivity index (χ1v) is 13.3. The molecule has 0 saturated carbocycles. The average molecular weight is 512 g/mol. The number of nitrogens with zero attached hydrogens (tertiary/aromatic N) is 2. The van der Waals surface area contributed by atoms with Crippen LogP contribution in [0.2, 0.25) is 0 Å². The normalized spacial score (nSPS) is 12.2. The van der Waals surface area contributed by atoms with Crippen molar-refractivity contribution in [2.75, 3.05) is 19.8 Å². The summed E-state index contributed by atoms with van der Waals surface area (Å²) in [6.07, 6.45) is 1.23. The molecule has 0 aliphatic heterocycles. The minimum Gasteiger partial charge on any atom is -0.350 e. The highest BCUT2D eigenvalue weighted by Gasteiger charge is 2.31. The quantitative estimate of drug-likeness (QED) is 0.429. The number of nitrogens with one attached hydrogen (secondary N) is 1. The van der Waals surface area contributed by atoms with Crippen molar-refractivity contribution < 1.29 is 22.4 Å². The number of halogens is 1. The molecule has 0 spiro atoms. The van der Waals surface area contributed by atoms with E-state index in [0.29, 0.717) is 5.56 Å². The van der Waals surface area contributed by atoms with E-state index in [1.807, 2.05) is 60.7 Å². The Balaban J connectivity index is 1.94. The van der Waals surface area contributed by atoms with Crippen LogP contribution < -0.4 is 5.32 Å². The number of amides is 2. The van der Waals surface area contributed by atoms with E-state index in [2.05, 4.69) is 5.32 Å². The van der Waals surface area contributed by atoms with E-state index in [9.17, 15) is 22.4 Å². The van der Waals surface area contributed by atoms with Crippen LogP contribution in [-0.2, 0) is 39.1 Å². The van der Waals surface area contributed by atoms with Gasteiger partial charge in [0, 0.05) is 26.6 Å². The molecule has 0 unspecified atom stereocenters. The molecular formula is C27H30FN3O4S. The maximum Gasteiger partial charge on any atom is 0.243 e. The van der Waals surface area contributed by atoms with Crippen molar-refractivity contribution in [3.63, 3.8) is 0 Å². The number of sulfonamides is 1. The maximum atomic E-state index is 13.5. The summed E-state index contributed by atoms with van der Waals surface area (Å²) >= 11 is 0. The van der Waals surface area contributed by atoms with Gasteiger partial charge in [-0.1, -0.05) is 72.8 Å². The van der Waals surface area contributed by atoms with E-state index < -0.39 is 34.3 Å². The van der Waals surface area contributed by atoms with Gasteiger partial charge in [-0.2, -0.15) is 4.31 Å². The minimum absolute atomic E-state index is 0.00692. The fourth-order valence-corrected chi connectivity index (χ4v) is 3.99. The van der Waals surface area contributed by atoms with Gasteiger partial charge in [0.05, 0.1) is 12.8 Å². The Labute approximate surface area is 211 Å². The van der Waals surface area contributed by atoms with Gasteiger partial charge >= 0.3 is 0 Å². The van der Waals surface area contributed by atoms with Gasteiger partial charge in [0.2, 0.25) is 21.8 Å². The van der Waals surface area contributed by atoms with E-state index in [-0.39, 0.29) is 25.4 Å². The van der Waals surface area contributed by atoms with Gasteiger partial charge in [-0.05, 0) is 28.8 Å². The molecule has 0 aromatic heterocycles. The second-order valence-corrected chi connectivity index (χ2v) is 10.7. The fourth-order valence-electron chi connectivity index (χ4n) is 3.64. The van der Waals surface area contributed by atoms with Crippen LogP contribution in [0.1, 0.15) is 16.7 Å². The van der Waals surface area contributed by atoms with Crippen LogP contribution in [0, 0.1) is 5.82 Å². The number of carbonyl (C=O) groups is 2. The first kappa shape index (κ1) is 27.0. The molecule has 7 nitrogen and oxygen atoms in total. The van der Waals surface area contributed by atoms with Crippen molar-refractivity contribution >= 4 is 21.8 Å². The van der Waals surface area contributed by atoms with E-state index in [4.69, 9.17) is 0 Å². The SMILES string of the molecule is CN(CC(=O)N(Cc1ccc(F)cc1)[C@@H](Cc1ccccc1)C(=O)NCc1ccccc1)S(C)(=O)=O. The molecule has 0 bridgehead atoms. The largest absolute Gasteiger partial charge is 0.350 e. The third-order valence-electron chi connectivity index (χ3n) is 5.77. The molecule has 1 N–H and O–H groups in total. The van der Waals surface area contributed by atoms with Crippen molar-refractivity contribution in [1.29, 1.82) is 0 Å². The Hall–Kier alpha value is -3.56. The molecule has 0 saturated heterocycles. The van der Waals surface area contributed by atoms with E-state index >= 15 is 0 Å². The van der Waals surface area contributed by atoms with E-state index in [1.54, 1.807) is 0 Å². The van der Waals surface area contributed by atoms with Gasteiger partial charge in [0.1, 0.15) is 11.9 Å². The van der Waals surface area contributed by atoms with Gasteiger partial charge in [0.25, 0.3) is 0 Å². The summed E-state index contributed by atoms with van der Waals surface area (Å²) < 4.78 is 38.4. The molecule has 36 heavy (non-hydrogen) atoms. The van der Waals surface area contributed by atoms with Crippen molar-refractivity contribution in [3.05, 3.63) is 107 Å². The van der Waals surface area contributed by atoms with Crippen LogP contribution in [0.4, 0.5) is 4.39 Å².